The molecule has 2 nitrogen and oxygen atoms in total. The highest BCUT2D eigenvalue weighted by atomic mass is 16.1. The fourth-order valence-electron chi connectivity index (χ4n) is 6.93. The molecule has 0 spiro atoms. The number of ketones is 1. The van der Waals surface area contributed by atoms with E-state index in [1.807, 2.05) is 0 Å². The Morgan fingerprint density at radius 1 is 0.875 bits per heavy atom. The minimum absolute atomic E-state index is 0.289. The van der Waals surface area contributed by atoms with Crippen molar-refractivity contribution in [3.63, 3.8) is 0 Å². The number of carbonyl (C=O) groups excluding carboxylic acids is 1. The van der Waals surface area contributed by atoms with Gasteiger partial charge < -0.3 is 0 Å². The summed E-state index contributed by atoms with van der Waals surface area (Å²) in [4.78, 5) is 17.7. The van der Waals surface area contributed by atoms with Crippen molar-refractivity contribution in [2.75, 3.05) is 0 Å². The lowest BCUT2D eigenvalue weighted by Gasteiger charge is -2.24. The third-order valence-electron chi connectivity index (χ3n) is 7.58. The molecule has 0 radical (unpaired) electrons. The number of carbonyl (C=O) groups is 1. The predicted octanol–water partition coefficient (Wildman–Crippen LogP) is 4.42. The van der Waals surface area contributed by atoms with Crippen LogP contribution in [0.25, 0.3) is 21.7 Å². The largest absolute Gasteiger partial charge is 0.299 e. The number of pyridine rings is 1. The standard InChI is InChI=1S/C22H17NO/c24-17-9-14-13-8-15-18(14)16-7-11-6-5-10-3-1-2-4-12(10)21(11)23-22(16)20(15)19(13)17/h1-7,13-15,18-20H,8-9H2/t13-,14?,15+,18?,19?,20?/m1/s1. The third kappa shape index (κ3) is 1.15. The molecule has 0 amide bonds. The summed E-state index contributed by atoms with van der Waals surface area (Å²) < 4.78 is 0. The molecule has 6 atom stereocenters. The van der Waals surface area contributed by atoms with E-state index in [0.717, 1.165) is 11.9 Å². The molecule has 2 aromatic carbocycles. The number of aromatic nitrogens is 1. The van der Waals surface area contributed by atoms with Crippen LogP contribution in [0.15, 0.2) is 42.5 Å². The number of rotatable bonds is 0. The van der Waals surface area contributed by atoms with Crippen molar-refractivity contribution < 1.29 is 4.79 Å². The Labute approximate surface area is 139 Å². The fourth-order valence-corrected chi connectivity index (χ4v) is 6.93. The van der Waals surface area contributed by atoms with Crippen molar-refractivity contribution in [3.05, 3.63) is 53.7 Å². The van der Waals surface area contributed by atoms with Gasteiger partial charge in [-0.1, -0.05) is 36.4 Å². The van der Waals surface area contributed by atoms with Gasteiger partial charge in [0.2, 0.25) is 0 Å². The van der Waals surface area contributed by atoms with Gasteiger partial charge in [-0.2, -0.15) is 0 Å². The number of benzene rings is 2. The summed E-state index contributed by atoms with van der Waals surface area (Å²) in [5, 5.41) is 3.75. The van der Waals surface area contributed by atoms with Crippen molar-refractivity contribution in [2.45, 2.75) is 24.7 Å². The van der Waals surface area contributed by atoms with Gasteiger partial charge in [0.05, 0.1) is 5.52 Å². The fraction of sp³-hybridized carbons (Fsp3) is 0.364. The monoisotopic (exact) mass is 311 g/mol. The summed E-state index contributed by atoms with van der Waals surface area (Å²) in [6.45, 7) is 0. The highest BCUT2D eigenvalue weighted by molar-refractivity contribution is 6.05. The van der Waals surface area contributed by atoms with E-state index < -0.39 is 0 Å². The highest BCUT2D eigenvalue weighted by Gasteiger charge is 2.68. The number of hydrogen-bond donors (Lipinski definition) is 0. The Bertz CT molecular complexity index is 1080. The molecule has 116 valence electrons. The Morgan fingerprint density at radius 3 is 2.71 bits per heavy atom. The van der Waals surface area contributed by atoms with Crippen LogP contribution in [0.1, 0.15) is 35.9 Å². The van der Waals surface area contributed by atoms with Crippen molar-refractivity contribution in [3.8, 4) is 0 Å². The SMILES string of the molecule is O=C1CC2C3c4cc5ccc6ccccc6c5nc4C4C1[C@@H]2C[C@@H]34. The first-order valence-electron chi connectivity index (χ1n) is 9.16. The average Bonchev–Trinajstić information content (AvgIpc) is 3.26. The van der Waals surface area contributed by atoms with Crippen molar-refractivity contribution in [1.82, 2.24) is 4.98 Å². The van der Waals surface area contributed by atoms with E-state index in [-0.39, 0.29) is 5.92 Å². The normalized spacial score (nSPS) is 37.8. The van der Waals surface area contributed by atoms with Gasteiger partial charge in [0.1, 0.15) is 5.78 Å². The van der Waals surface area contributed by atoms with E-state index in [4.69, 9.17) is 4.98 Å². The van der Waals surface area contributed by atoms with Crippen LogP contribution in [0.3, 0.4) is 0 Å². The smallest absolute Gasteiger partial charge is 0.137 e. The lowest BCUT2D eigenvalue weighted by Crippen LogP contribution is -2.21. The molecule has 3 saturated carbocycles. The number of Topliss-reactive ketones (excluding diaryl/α,β-unsaturated/α-hetero) is 1. The molecule has 0 aliphatic heterocycles. The summed E-state index contributed by atoms with van der Waals surface area (Å²) in [6, 6.07) is 15.4. The van der Waals surface area contributed by atoms with Gasteiger partial charge in [-0.05, 0) is 47.1 Å². The first-order valence-corrected chi connectivity index (χ1v) is 9.16. The zero-order valence-corrected chi connectivity index (χ0v) is 13.3. The molecule has 1 heterocycles. The molecule has 2 bridgehead atoms. The summed E-state index contributed by atoms with van der Waals surface area (Å²) in [5.74, 6) is 3.83. The molecule has 4 aliphatic carbocycles. The zero-order chi connectivity index (χ0) is 15.6. The maximum atomic E-state index is 12.5. The molecular formula is C22H17NO. The van der Waals surface area contributed by atoms with Crippen molar-refractivity contribution >= 4 is 27.5 Å². The summed E-state index contributed by atoms with van der Waals surface area (Å²) in [6.07, 6.45) is 2.10. The van der Waals surface area contributed by atoms with Crippen LogP contribution < -0.4 is 0 Å². The maximum Gasteiger partial charge on any atom is 0.137 e. The second-order valence-electron chi connectivity index (χ2n) is 8.30. The van der Waals surface area contributed by atoms with Gasteiger partial charge in [0, 0.05) is 34.7 Å². The summed E-state index contributed by atoms with van der Waals surface area (Å²) >= 11 is 0. The first kappa shape index (κ1) is 12.2. The minimum atomic E-state index is 0.289. The predicted molar refractivity (Wildman–Crippen MR) is 92.9 cm³/mol. The van der Waals surface area contributed by atoms with Crippen LogP contribution in [-0.4, -0.2) is 10.8 Å². The van der Waals surface area contributed by atoms with Crippen LogP contribution >= 0.6 is 0 Å². The van der Waals surface area contributed by atoms with E-state index in [2.05, 4.69) is 42.5 Å². The third-order valence-corrected chi connectivity index (χ3v) is 7.58. The van der Waals surface area contributed by atoms with Gasteiger partial charge in [-0.15, -0.1) is 0 Å². The van der Waals surface area contributed by atoms with E-state index in [1.54, 1.807) is 0 Å². The Hall–Kier alpha value is -2.22. The average molecular weight is 311 g/mol. The second kappa shape index (κ2) is 3.72. The molecule has 3 fully saturated rings. The van der Waals surface area contributed by atoms with Crippen LogP contribution in [0.4, 0.5) is 0 Å². The lowest BCUT2D eigenvalue weighted by molar-refractivity contribution is -0.121. The van der Waals surface area contributed by atoms with E-state index in [9.17, 15) is 4.79 Å². The van der Waals surface area contributed by atoms with E-state index >= 15 is 0 Å². The minimum Gasteiger partial charge on any atom is -0.299 e. The molecule has 24 heavy (non-hydrogen) atoms. The van der Waals surface area contributed by atoms with Crippen LogP contribution in [-0.2, 0) is 4.79 Å². The quantitative estimate of drug-likeness (QED) is 0.575. The van der Waals surface area contributed by atoms with Crippen LogP contribution in [0.2, 0.25) is 0 Å². The number of hydrogen-bond acceptors (Lipinski definition) is 2. The Kier molecular flexibility index (Phi) is 1.89. The highest BCUT2D eigenvalue weighted by Crippen LogP contribution is 2.73. The van der Waals surface area contributed by atoms with E-state index in [1.165, 1.54) is 33.8 Å². The first-order chi connectivity index (χ1) is 11.8. The van der Waals surface area contributed by atoms with Gasteiger partial charge >= 0.3 is 0 Å². The molecule has 1 aromatic heterocycles. The second-order valence-corrected chi connectivity index (χ2v) is 8.30. The Morgan fingerprint density at radius 2 is 1.75 bits per heavy atom. The van der Waals surface area contributed by atoms with Crippen molar-refractivity contribution in [1.29, 1.82) is 0 Å². The van der Waals surface area contributed by atoms with Gasteiger partial charge in [0.25, 0.3) is 0 Å². The van der Waals surface area contributed by atoms with Gasteiger partial charge in [-0.3, -0.25) is 9.78 Å². The maximum absolute atomic E-state index is 12.5. The summed E-state index contributed by atoms with van der Waals surface area (Å²) in [5.41, 5.74) is 3.88. The van der Waals surface area contributed by atoms with Gasteiger partial charge in [0.15, 0.2) is 0 Å². The van der Waals surface area contributed by atoms with Crippen molar-refractivity contribution in [2.24, 2.45) is 23.7 Å². The molecule has 2 heteroatoms. The van der Waals surface area contributed by atoms with Crippen LogP contribution in [0, 0.1) is 23.7 Å². The summed E-state index contributed by atoms with van der Waals surface area (Å²) in [7, 11) is 0. The topological polar surface area (TPSA) is 30.0 Å². The molecule has 7 rings (SSSR count). The molecule has 4 aliphatic rings. The molecule has 3 aromatic rings. The van der Waals surface area contributed by atoms with Gasteiger partial charge in [-0.25, -0.2) is 0 Å². The molecule has 0 N–H and O–H groups in total. The van der Waals surface area contributed by atoms with Crippen LogP contribution in [0.5, 0.6) is 0 Å². The Balaban J connectivity index is 1.58. The number of nitrogens with zero attached hydrogens (tertiary/aromatic N) is 1. The van der Waals surface area contributed by atoms with E-state index in [0.29, 0.717) is 35.4 Å². The molecule has 4 unspecified atom stereocenters. The zero-order valence-electron chi connectivity index (χ0n) is 13.3. The molecule has 0 saturated heterocycles. The molecular weight excluding hydrogens is 294 g/mol. The number of fused-ring (bicyclic) bond motifs is 8. The lowest BCUT2D eigenvalue weighted by atomic mass is 9.78.